The van der Waals surface area contributed by atoms with Gasteiger partial charge in [0.15, 0.2) is 0 Å². The molecule has 20 heavy (non-hydrogen) atoms. The van der Waals surface area contributed by atoms with E-state index in [1.54, 1.807) is 12.1 Å². The molecule has 1 unspecified atom stereocenters. The van der Waals surface area contributed by atoms with Gasteiger partial charge in [-0.25, -0.2) is 4.39 Å². The first-order chi connectivity index (χ1) is 9.74. The van der Waals surface area contributed by atoms with Gasteiger partial charge in [-0.05, 0) is 55.8 Å². The van der Waals surface area contributed by atoms with Crippen LogP contribution >= 0.6 is 0 Å². The highest BCUT2D eigenvalue weighted by atomic mass is 19.1. The van der Waals surface area contributed by atoms with Crippen molar-refractivity contribution in [2.75, 3.05) is 24.5 Å². The van der Waals surface area contributed by atoms with E-state index in [1.807, 2.05) is 6.07 Å². The molecular formula is C17H27FN2. The van der Waals surface area contributed by atoms with E-state index in [2.05, 4.69) is 11.8 Å². The molecule has 0 bridgehead atoms. The van der Waals surface area contributed by atoms with E-state index in [1.165, 1.54) is 31.2 Å². The van der Waals surface area contributed by atoms with E-state index in [-0.39, 0.29) is 5.82 Å². The van der Waals surface area contributed by atoms with Gasteiger partial charge in [0.1, 0.15) is 5.82 Å². The summed E-state index contributed by atoms with van der Waals surface area (Å²) in [6, 6.07) is 5.19. The third-order valence-corrected chi connectivity index (χ3v) is 4.35. The summed E-state index contributed by atoms with van der Waals surface area (Å²) in [6.45, 7) is 5.11. The van der Waals surface area contributed by atoms with Crippen LogP contribution in [0.2, 0.25) is 0 Å². The Balaban J connectivity index is 1.82. The maximum Gasteiger partial charge on any atom is 0.125 e. The minimum Gasteiger partial charge on any atom is -0.371 e. The van der Waals surface area contributed by atoms with Crippen LogP contribution in [0.1, 0.15) is 44.6 Å². The average molecular weight is 278 g/mol. The highest BCUT2D eigenvalue weighted by molar-refractivity contribution is 5.58. The number of hydrogen-bond acceptors (Lipinski definition) is 2. The molecule has 1 aliphatic heterocycles. The molecule has 0 spiro atoms. The molecule has 0 saturated heterocycles. The molecule has 2 rings (SSSR count). The molecule has 1 aromatic carbocycles. The van der Waals surface area contributed by atoms with Gasteiger partial charge in [-0.1, -0.05) is 25.8 Å². The second-order valence-corrected chi connectivity index (χ2v) is 5.88. The quantitative estimate of drug-likeness (QED) is 0.785. The lowest BCUT2D eigenvalue weighted by atomic mass is 9.94. The largest absolute Gasteiger partial charge is 0.371 e. The summed E-state index contributed by atoms with van der Waals surface area (Å²) in [7, 11) is 0. The summed E-state index contributed by atoms with van der Waals surface area (Å²) in [6.07, 6.45) is 7.13. The topological polar surface area (TPSA) is 29.3 Å². The van der Waals surface area contributed by atoms with E-state index in [0.717, 1.165) is 44.1 Å². The maximum absolute atomic E-state index is 13.3. The summed E-state index contributed by atoms with van der Waals surface area (Å²) in [5.74, 6) is 0.641. The zero-order chi connectivity index (χ0) is 14.4. The molecule has 0 fully saturated rings. The molecule has 0 aromatic heterocycles. The standard InChI is InChI=1S/C17H27FN2/c1-2-4-14(8-10-19)5-3-11-20-12-9-15-6-7-16(18)13-17(15)20/h6-7,13-14H,2-5,8-12,19H2,1H3. The Morgan fingerprint density at radius 2 is 2.15 bits per heavy atom. The van der Waals surface area contributed by atoms with Gasteiger partial charge in [-0.3, -0.25) is 0 Å². The fourth-order valence-electron chi connectivity index (χ4n) is 3.30. The van der Waals surface area contributed by atoms with Gasteiger partial charge in [0.25, 0.3) is 0 Å². The molecule has 0 aliphatic carbocycles. The molecular weight excluding hydrogens is 251 g/mol. The van der Waals surface area contributed by atoms with E-state index < -0.39 is 0 Å². The normalized spacial score (nSPS) is 15.4. The van der Waals surface area contributed by atoms with Gasteiger partial charge in [-0.15, -0.1) is 0 Å². The summed E-state index contributed by atoms with van der Waals surface area (Å²) < 4.78 is 13.3. The lowest BCUT2D eigenvalue weighted by molar-refractivity contribution is 0.410. The van der Waals surface area contributed by atoms with Gasteiger partial charge in [0, 0.05) is 18.8 Å². The Labute approximate surface area is 122 Å². The Morgan fingerprint density at radius 3 is 2.90 bits per heavy atom. The van der Waals surface area contributed by atoms with Crippen molar-refractivity contribution in [3.63, 3.8) is 0 Å². The second kappa shape index (κ2) is 7.63. The molecule has 0 amide bonds. The molecule has 1 aromatic rings. The minimum atomic E-state index is -0.123. The zero-order valence-electron chi connectivity index (χ0n) is 12.6. The predicted molar refractivity (Wildman–Crippen MR) is 83.6 cm³/mol. The molecule has 0 radical (unpaired) electrons. The molecule has 0 saturated carbocycles. The molecule has 1 atom stereocenters. The minimum absolute atomic E-state index is 0.123. The van der Waals surface area contributed by atoms with E-state index in [4.69, 9.17) is 5.73 Å². The van der Waals surface area contributed by atoms with Crippen molar-refractivity contribution in [3.8, 4) is 0 Å². The monoisotopic (exact) mass is 278 g/mol. The molecule has 112 valence electrons. The maximum atomic E-state index is 13.3. The van der Waals surface area contributed by atoms with Gasteiger partial charge >= 0.3 is 0 Å². The highest BCUT2D eigenvalue weighted by Gasteiger charge is 2.19. The van der Waals surface area contributed by atoms with E-state index in [9.17, 15) is 4.39 Å². The summed E-state index contributed by atoms with van der Waals surface area (Å²) in [4.78, 5) is 2.34. The Kier molecular flexibility index (Phi) is 5.84. The van der Waals surface area contributed by atoms with Crippen LogP contribution in [0.5, 0.6) is 0 Å². The number of hydrogen-bond donors (Lipinski definition) is 1. The fourth-order valence-corrected chi connectivity index (χ4v) is 3.30. The van der Waals surface area contributed by atoms with Crippen molar-refractivity contribution in [2.24, 2.45) is 11.7 Å². The van der Waals surface area contributed by atoms with Crippen molar-refractivity contribution in [1.29, 1.82) is 0 Å². The summed E-state index contributed by atoms with van der Waals surface area (Å²) in [5, 5.41) is 0. The van der Waals surface area contributed by atoms with Crippen LogP contribution in [0.4, 0.5) is 10.1 Å². The Hall–Kier alpha value is -1.09. The Bertz CT molecular complexity index is 413. The fraction of sp³-hybridized carbons (Fsp3) is 0.647. The number of nitrogens with two attached hydrogens (primary N) is 1. The zero-order valence-corrected chi connectivity index (χ0v) is 12.6. The summed E-state index contributed by atoms with van der Waals surface area (Å²) in [5.41, 5.74) is 8.08. The van der Waals surface area contributed by atoms with E-state index in [0.29, 0.717) is 0 Å². The molecule has 2 nitrogen and oxygen atoms in total. The van der Waals surface area contributed by atoms with Crippen LogP contribution in [0, 0.1) is 11.7 Å². The second-order valence-electron chi connectivity index (χ2n) is 5.88. The van der Waals surface area contributed by atoms with Gasteiger partial charge < -0.3 is 10.6 Å². The molecule has 3 heteroatoms. The van der Waals surface area contributed by atoms with Gasteiger partial charge in [0.2, 0.25) is 0 Å². The van der Waals surface area contributed by atoms with Crippen LogP contribution in [-0.2, 0) is 6.42 Å². The van der Waals surface area contributed by atoms with Crippen molar-refractivity contribution in [2.45, 2.75) is 45.4 Å². The first kappa shape index (κ1) is 15.3. The van der Waals surface area contributed by atoms with Crippen LogP contribution in [-0.4, -0.2) is 19.6 Å². The highest BCUT2D eigenvalue weighted by Crippen LogP contribution is 2.29. The van der Waals surface area contributed by atoms with E-state index >= 15 is 0 Å². The smallest absolute Gasteiger partial charge is 0.125 e. The van der Waals surface area contributed by atoms with Crippen LogP contribution in [0.3, 0.4) is 0 Å². The number of rotatable bonds is 8. The molecule has 1 aliphatic rings. The first-order valence-electron chi connectivity index (χ1n) is 7.98. The van der Waals surface area contributed by atoms with Crippen molar-refractivity contribution < 1.29 is 4.39 Å². The lowest BCUT2D eigenvalue weighted by Gasteiger charge is -2.21. The van der Waals surface area contributed by atoms with Crippen LogP contribution in [0.25, 0.3) is 0 Å². The van der Waals surface area contributed by atoms with Gasteiger partial charge in [-0.2, -0.15) is 0 Å². The first-order valence-corrected chi connectivity index (χ1v) is 7.98. The van der Waals surface area contributed by atoms with Crippen LogP contribution < -0.4 is 10.6 Å². The number of halogens is 1. The lowest BCUT2D eigenvalue weighted by Crippen LogP contribution is -2.22. The van der Waals surface area contributed by atoms with Gasteiger partial charge in [0.05, 0.1) is 0 Å². The third-order valence-electron chi connectivity index (χ3n) is 4.35. The Morgan fingerprint density at radius 1 is 1.30 bits per heavy atom. The third kappa shape index (κ3) is 3.95. The van der Waals surface area contributed by atoms with Crippen molar-refractivity contribution >= 4 is 5.69 Å². The summed E-state index contributed by atoms with van der Waals surface area (Å²) >= 11 is 0. The average Bonchev–Trinajstić information content (AvgIpc) is 2.82. The number of nitrogens with zero attached hydrogens (tertiary/aromatic N) is 1. The predicted octanol–water partition coefficient (Wildman–Crippen LogP) is 3.73. The van der Waals surface area contributed by atoms with Crippen molar-refractivity contribution in [3.05, 3.63) is 29.6 Å². The molecule has 1 heterocycles. The van der Waals surface area contributed by atoms with Crippen molar-refractivity contribution in [1.82, 2.24) is 0 Å². The molecule has 2 N–H and O–H groups in total. The number of anilines is 1. The SMILES string of the molecule is CCCC(CCN)CCCN1CCc2ccc(F)cc21. The van der Waals surface area contributed by atoms with Crippen LogP contribution in [0.15, 0.2) is 18.2 Å². The number of fused-ring (bicyclic) bond motifs is 1. The number of benzene rings is 1.